The van der Waals surface area contributed by atoms with Gasteiger partial charge in [0.2, 0.25) is 5.78 Å². The summed E-state index contributed by atoms with van der Waals surface area (Å²) >= 11 is 0. The minimum absolute atomic E-state index is 0.127. The van der Waals surface area contributed by atoms with Gasteiger partial charge in [0.1, 0.15) is 5.76 Å². The van der Waals surface area contributed by atoms with E-state index in [9.17, 15) is 15.0 Å². The number of carbonyl (C=O) groups is 1. The number of aliphatic hydroxyl groups is 2. The van der Waals surface area contributed by atoms with Crippen LogP contribution in [0.2, 0.25) is 0 Å². The minimum atomic E-state index is -1.11. The summed E-state index contributed by atoms with van der Waals surface area (Å²) in [6, 6.07) is 0. The van der Waals surface area contributed by atoms with Crippen LogP contribution in [-0.4, -0.2) is 34.3 Å². The average Bonchev–Trinajstić information content (AvgIpc) is 2.68. The number of hydrogen-bond acceptors (Lipinski definition) is 4. The highest BCUT2D eigenvalue weighted by atomic mass is 16.5. The van der Waals surface area contributed by atoms with Gasteiger partial charge in [0, 0.05) is 6.42 Å². The highest BCUT2D eigenvalue weighted by molar-refractivity contribution is 6.05. The van der Waals surface area contributed by atoms with Gasteiger partial charge in [0.15, 0.2) is 5.60 Å². The molecule has 1 aliphatic heterocycles. The third kappa shape index (κ3) is 3.13. The van der Waals surface area contributed by atoms with Crippen LogP contribution in [0.1, 0.15) is 47.5 Å². The lowest BCUT2D eigenvalue weighted by atomic mass is 9.96. The lowest BCUT2D eigenvalue weighted by Crippen LogP contribution is -2.33. The lowest BCUT2D eigenvalue weighted by molar-refractivity contribution is -0.125. The third-order valence-electron chi connectivity index (χ3n) is 4.03. The summed E-state index contributed by atoms with van der Waals surface area (Å²) in [6.45, 7) is 9.05. The second-order valence-electron chi connectivity index (χ2n) is 5.67. The monoisotopic (exact) mass is 286 g/mol. The maximum absolute atomic E-state index is 12.4. The van der Waals surface area contributed by atoms with Gasteiger partial charge in [-0.3, -0.25) is 4.79 Å². The molecular formula is C16H26O4. The molecule has 1 heterocycles. The first kappa shape index (κ1) is 16.9. The van der Waals surface area contributed by atoms with E-state index in [1.165, 1.54) is 0 Å². The molecule has 114 valence electrons. The number of carbonyl (C=O) groups excluding carboxylic acids is 1. The predicted octanol–water partition coefficient (Wildman–Crippen LogP) is 2.35. The van der Waals surface area contributed by atoms with E-state index < -0.39 is 11.7 Å². The molecular weight excluding hydrogens is 260 g/mol. The standard InChI is InChI=1S/C16H26O4/c1-6-10(3)14(18)11(4)8-16(5)15(19)12(9-17)13(7-2)20-16/h8,10,14,17-18H,6-7,9H2,1-5H3/b11-8+/t10-,14-,16?/m0/s1/i2+1,3+1,4+1,5+1. The van der Waals surface area contributed by atoms with Crippen molar-refractivity contribution in [2.24, 2.45) is 5.92 Å². The zero-order chi connectivity index (χ0) is 15.5. The Morgan fingerprint density at radius 2 is 2.05 bits per heavy atom. The van der Waals surface area contributed by atoms with Crippen LogP contribution in [0.15, 0.2) is 23.0 Å². The minimum Gasteiger partial charge on any atom is -0.479 e. The van der Waals surface area contributed by atoms with Crippen molar-refractivity contribution < 1.29 is 19.7 Å². The van der Waals surface area contributed by atoms with Crippen molar-refractivity contribution in [3.63, 3.8) is 0 Å². The maximum Gasteiger partial charge on any atom is 0.211 e. The summed E-state index contributed by atoms with van der Waals surface area (Å²) in [7, 11) is 0. The molecule has 0 aromatic carbocycles. The van der Waals surface area contributed by atoms with Crippen molar-refractivity contribution >= 4 is 5.78 Å². The van der Waals surface area contributed by atoms with Crippen LogP contribution in [-0.2, 0) is 9.53 Å². The molecule has 2 N–H and O–H groups in total. The van der Waals surface area contributed by atoms with Gasteiger partial charge in [-0.25, -0.2) is 0 Å². The molecule has 0 bridgehead atoms. The molecule has 0 aliphatic carbocycles. The number of rotatable bonds is 6. The molecule has 1 rings (SSSR count). The second kappa shape index (κ2) is 6.55. The van der Waals surface area contributed by atoms with Gasteiger partial charge >= 0.3 is 0 Å². The molecule has 0 aromatic rings. The highest BCUT2D eigenvalue weighted by Crippen LogP contribution is 2.34. The number of aliphatic hydroxyl groups excluding tert-OH is 2. The summed E-state index contributed by atoms with van der Waals surface area (Å²) in [4.78, 5) is 12.4. The van der Waals surface area contributed by atoms with E-state index in [-0.39, 0.29) is 18.3 Å². The Hall–Kier alpha value is -1.13. The fourth-order valence-corrected chi connectivity index (χ4v) is 2.52. The Bertz CT molecular complexity index is 436. The second-order valence-corrected chi connectivity index (χ2v) is 5.67. The molecule has 4 heteroatoms. The van der Waals surface area contributed by atoms with E-state index in [2.05, 4.69) is 0 Å². The van der Waals surface area contributed by atoms with Crippen molar-refractivity contribution in [2.45, 2.75) is 59.2 Å². The van der Waals surface area contributed by atoms with E-state index in [1.807, 2.05) is 20.8 Å². The molecule has 3 atom stereocenters. The summed E-state index contributed by atoms with van der Waals surface area (Å²) in [5, 5.41) is 19.5. The molecule has 0 amide bonds. The van der Waals surface area contributed by atoms with Crippen molar-refractivity contribution in [2.75, 3.05) is 6.61 Å². The Balaban J connectivity index is 3.01. The summed E-state index contributed by atoms with van der Waals surface area (Å²) < 4.78 is 5.73. The quantitative estimate of drug-likeness (QED) is 0.581. The first-order valence-corrected chi connectivity index (χ1v) is 7.24. The first-order valence-electron chi connectivity index (χ1n) is 7.24. The number of Topliss-reactive ketones (excluding diaryl/α,β-unsaturated/α-hetero) is 1. The Morgan fingerprint density at radius 3 is 2.45 bits per heavy atom. The van der Waals surface area contributed by atoms with Gasteiger partial charge in [0.05, 0.1) is 18.3 Å². The SMILES string of the molecule is CC[C@H]([13CH3])[C@H](O)/C([13CH3])=C/C1([13CH3])OC(C[13CH3])=C(CO)C1=O. The smallest absolute Gasteiger partial charge is 0.211 e. The van der Waals surface area contributed by atoms with Gasteiger partial charge in [-0.15, -0.1) is 0 Å². The van der Waals surface area contributed by atoms with Gasteiger partial charge in [0.25, 0.3) is 0 Å². The summed E-state index contributed by atoms with van der Waals surface area (Å²) in [5.41, 5.74) is -0.0380. The van der Waals surface area contributed by atoms with E-state index in [4.69, 9.17) is 4.74 Å². The van der Waals surface area contributed by atoms with Crippen molar-refractivity contribution in [1.29, 1.82) is 0 Å². The lowest BCUT2D eigenvalue weighted by Gasteiger charge is -2.24. The highest BCUT2D eigenvalue weighted by Gasteiger charge is 2.43. The van der Waals surface area contributed by atoms with Crippen LogP contribution in [0.5, 0.6) is 0 Å². The van der Waals surface area contributed by atoms with Crippen molar-refractivity contribution in [3.05, 3.63) is 23.0 Å². The van der Waals surface area contributed by atoms with Crippen LogP contribution in [0, 0.1) is 5.92 Å². The van der Waals surface area contributed by atoms with Crippen molar-refractivity contribution in [1.82, 2.24) is 0 Å². The van der Waals surface area contributed by atoms with Crippen LogP contribution in [0.3, 0.4) is 0 Å². The molecule has 1 unspecified atom stereocenters. The topological polar surface area (TPSA) is 66.8 Å². The Morgan fingerprint density at radius 1 is 1.45 bits per heavy atom. The molecule has 20 heavy (non-hydrogen) atoms. The van der Waals surface area contributed by atoms with Crippen LogP contribution < -0.4 is 0 Å². The van der Waals surface area contributed by atoms with E-state index in [0.29, 0.717) is 17.8 Å². The number of hydrogen-bond donors (Lipinski definition) is 2. The predicted molar refractivity (Wildman–Crippen MR) is 78.1 cm³/mol. The maximum atomic E-state index is 12.4. The normalized spacial score (nSPS) is 26.8. The Kier molecular flexibility index (Phi) is 5.54. The fourth-order valence-electron chi connectivity index (χ4n) is 2.52. The van der Waals surface area contributed by atoms with Gasteiger partial charge in [-0.2, -0.15) is 0 Å². The summed E-state index contributed by atoms with van der Waals surface area (Å²) in [5.74, 6) is 0.455. The molecule has 0 saturated heterocycles. The van der Waals surface area contributed by atoms with Crippen LogP contribution >= 0.6 is 0 Å². The summed E-state index contributed by atoms with van der Waals surface area (Å²) in [6.07, 6.45) is 2.53. The molecule has 0 aromatic heterocycles. The average molecular weight is 286 g/mol. The van der Waals surface area contributed by atoms with Crippen molar-refractivity contribution in [3.8, 4) is 0 Å². The number of allylic oxidation sites excluding steroid dienone is 1. The van der Waals surface area contributed by atoms with Crippen LogP contribution in [0.4, 0.5) is 0 Å². The molecule has 4 nitrogen and oxygen atoms in total. The first-order chi connectivity index (χ1) is 9.30. The molecule has 0 radical (unpaired) electrons. The fraction of sp³-hybridized carbons (Fsp3) is 0.688. The zero-order valence-corrected chi connectivity index (χ0v) is 13.1. The number of ether oxygens (including phenoxy) is 1. The largest absolute Gasteiger partial charge is 0.479 e. The third-order valence-corrected chi connectivity index (χ3v) is 4.03. The molecule has 1 aliphatic rings. The van der Waals surface area contributed by atoms with Gasteiger partial charge in [-0.05, 0) is 31.4 Å². The van der Waals surface area contributed by atoms with E-state index in [0.717, 1.165) is 12.0 Å². The Labute approximate surface area is 121 Å². The van der Waals surface area contributed by atoms with Crippen LogP contribution in [0.25, 0.3) is 0 Å². The zero-order valence-electron chi connectivity index (χ0n) is 13.1. The molecule has 0 saturated carbocycles. The molecule has 0 spiro atoms. The van der Waals surface area contributed by atoms with E-state index in [1.54, 1.807) is 19.9 Å². The number of ketones is 1. The van der Waals surface area contributed by atoms with Gasteiger partial charge in [-0.1, -0.05) is 27.2 Å². The van der Waals surface area contributed by atoms with Gasteiger partial charge < -0.3 is 14.9 Å². The molecule has 0 fully saturated rings. The van der Waals surface area contributed by atoms with E-state index >= 15 is 0 Å².